The highest BCUT2D eigenvalue weighted by atomic mass is 19.1. The molecule has 2 rings (SSSR count). The second-order valence-corrected chi connectivity index (χ2v) is 4.77. The fourth-order valence-electron chi connectivity index (χ4n) is 2.41. The van der Waals surface area contributed by atoms with Crippen molar-refractivity contribution in [2.75, 3.05) is 6.54 Å². The molecular weight excluding hydrogens is 201 g/mol. The Hall–Kier alpha value is -0.890. The number of aryl methyl sites for hydroxylation is 1. The van der Waals surface area contributed by atoms with Crippen LogP contribution in [0.5, 0.6) is 0 Å². The third kappa shape index (κ3) is 3.05. The normalized spacial score (nSPS) is 16.9. The number of hydrogen-bond acceptors (Lipinski definition) is 1. The number of halogens is 1. The Balaban J connectivity index is 1.78. The Kier molecular flexibility index (Phi) is 3.94. The highest BCUT2D eigenvalue weighted by molar-refractivity contribution is 5.24. The molecule has 0 spiro atoms. The Labute approximate surface area is 97.1 Å². The monoisotopic (exact) mass is 221 g/mol. The maximum absolute atomic E-state index is 13.1. The third-order valence-corrected chi connectivity index (χ3v) is 3.42. The Morgan fingerprint density at radius 3 is 2.75 bits per heavy atom. The zero-order chi connectivity index (χ0) is 11.4. The van der Waals surface area contributed by atoms with Crippen molar-refractivity contribution in [1.82, 2.24) is 5.32 Å². The quantitative estimate of drug-likeness (QED) is 0.823. The van der Waals surface area contributed by atoms with Gasteiger partial charge in [-0.2, -0.15) is 0 Å². The Morgan fingerprint density at radius 1 is 1.31 bits per heavy atom. The number of benzene rings is 1. The second kappa shape index (κ2) is 5.44. The third-order valence-electron chi connectivity index (χ3n) is 3.42. The van der Waals surface area contributed by atoms with Crippen LogP contribution in [0.4, 0.5) is 4.39 Å². The molecule has 2 heteroatoms. The lowest BCUT2D eigenvalue weighted by molar-refractivity contribution is 0.527. The summed E-state index contributed by atoms with van der Waals surface area (Å²) in [5.74, 6) is -0.104. The summed E-state index contributed by atoms with van der Waals surface area (Å²) in [6.45, 7) is 2.83. The van der Waals surface area contributed by atoms with Crippen LogP contribution >= 0.6 is 0 Å². The molecule has 1 nitrogen and oxygen atoms in total. The molecular formula is C14H20FN. The van der Waals surface area contributed by atoms with Gasteiger partial charge in [0.15, 0.2) is 0 Å². The van der Waals surface area contributed by atoms with Crippen LogP contribution in [0.15, 0.2) is 18.2 Å². The van der Waals surface area contributed by atoms with Crippen molar-refractivity contribution in [2.45, 2.75) is 45.1 Å². The molecule has 0 bridgehead atoms. The molecule has 0 amide bonds. The average Bonchev–Trinajstić information content (AvgIpc) is 2.76. The van der Waals surface area contributed by atoms with E-state index in [2.05, 4.69) is 5.32 Å². The van der Waals surface area contributed by atoms with E-state index in [4.69, 9.17) is 0 Å². The summed E-state index contributed by atoms with van der Waals surface area (Å²) >= 11 is 0. The maximum Gasteiger partial charge on any atom is 0.126 e. The molecule has 16 heavy (non-hydrogen) atoms. The van der Waals surface area contributed by atoms with Gasteiger partial charge in [-0.15, -0.1) is 0 Å². The van der Waals surface area contributed by atoms with Gasteiger partial charge in [0.1, 0.15) is 5.82 Å². The van der Waals surface area contributed by atoms with E-state index in [1.54, 1.807) is 6.07 Å². The topological polar surface area (TPSA) is 12.0 Å². The summed E-state index contributed by atoms with van der Waals surface area (Å²) in [7, 11) is 0. The van der Waals surface area contributed by atoms with Gasteiger partial charge in [-0.25, -0.2) is 4.39 Å². The van der Waals surface area contributed by atoms with E-state index in [1.807, 2.05) is 19.1 Å². The molecule has 0 saturated heterocycles. The van der Waals surface area contributed by atoms with E-state index in [-0.39, 0.29) is 5.82 Å². The van der Waals surface area contributed by atoms with Crippen LogP contribution in [0.25, 0.3) is 0 Å². The van der Waals surface area contributed by atoms with Crippen molar-refractivity contribution >= 4 is 0 Å². The molecule has 1 saturated carbocycles. The molecule has 0 aliphatic heterocycles. The van der Waals surface area contributed by atoms with Crippen molar-refractivity contribution in [2.24, 2.45) is 0 Å². The molecule has 0 radical (unpaired) electrons. The molecule has 0 atom stereocenters. The van der Waals surface area contributed by atoms with Gasteiger partial charge in [0, 0.05) is 6.04 Å². The molecule has 0 unspecified atom stereocenters. The van der Waals surface area contributed by atoms with Crippen LogP contribution in [0.1, 0.15) is 36.8 Å². The Bertz CT molecular complexity index is 343. The first-order chi connectivity index (χ1) is 7.75. The SMILES string of the molecule is Cc1cc(CCNC2CCCC2)ccc1F. The van der Waals surface area contributed by atoms with Crippen molar-refractivity contribution < 1.29 is 4.39 Å². The van der Waals surface area contributed by atoms with Crippen LogP contribution in [0.3, 0.4) is 0 Å². The maximum atomic E-state index is 13.1. The van der Waals surface area contributed by atoms with E-state index in [9.17, 15) is 4.39 Å². The fourth-order valence-corrected chi connectivity index (χ4v) is 2.41. The molecule has 1 aliphatic rings. The average molecular weight is 221 g/mol. The van der Waals surface area contributed by atoms with Crippen LogP contribution in [0, 0.1) is 12.7 Å². The van der Waals surface area contributed by atoms with E-state index < -0.39 is 0 Å². The minimum atomic E-state index is -0.104. The summed E-state index contributed by atoms with van der Waals surface area (Å²) in [6.07, 6.45) is 6.38. The molecule has 0 heterocycles. The smallest absolute Gasteiger partial charge is 0.126 e. The van der Waals surface area contributed by atoms with E-state index >= 15 is 0 Å². The zero-order valence-electron chi connectivity index (χ0n) is 9.93. The van der Waals surface area contributed by atoms with Crippen molar-refractivity contribution in [3.63, 3.8) is 0 Å². The fraction of sp³-hybridized carbons (Fsp3) is 0.571. The lowest BCUT2D eigenvalue weighted by atomic mass is 10.1. The second-order valence-electron chi connectivity index (χ2n) is 4.77. The molecule has 1 aliphatic carbocycles. The Morgan fingerprint density at radius 2 is 2.06 bits per heavy atom. The van der Waals surface area contributed by atoms with Crippen LogP contribution < -0.4 is 5.32 Å². The zero-order valence-corrected chi connectivity index (χ0v) is 9.93. The number of nitrogens with one attached hydrogen (secondary N) is 1. The molecule has 1 aromatic rings. The summed E-state index contributed by atoms with van der Waals surface area (Å²) in [5.41, 5.74) is 1.97. The van der Waals surface area contributed by atoms with Crippen LogP contribution in [-0.2, 0) is 6.42 Å². The highest BCUT2D eigenvalue weighted by Crippen LogP contribution is 2.17. The van der Waals surface area contributed by atoms with Gasteiger partial charge in [-0.05, 0) is 49.9 Å². The first kappa shape index (κ1) is 11.6. The molecule has 0 aromatic heterocycles. The summed E-state index contributed by atoms with van der Waals surface area (Å²) in [5, 5.41) is 3.57. The highest BCUT2D eigenvalue weighted by Gasteiger charge is 2.13. The van der Waals surface area contributed by atoms with Gasteiger partial charge in [0.05, 0.1) is 0 Å². The van der Waals surface area contributed by atoms with Crippen molar-refractivity contribution in [3.05, 3.63) is 35.1 Å². The van der Waals surface area contributed by atoms with E-state index in [0.717, 1.165) is 24.6 Å². The van der Waals surface area contributed by atoms with Crippen molar-refractivity contribution in [3.8, 4) is 0 Å². The van der Waals surface area contributed by atoms with E-state index in [0.29, 0.717) is 0 Å². The lowest BCUT2D eigenvalue weighted by Crippen LogP contribution is -2.27. The standard InChI is InChI=1S/C14H20FN/c1-11-10-12(6-7-14(11)15)8-9-16-13-4-2-3-5-13/h6-7,10,13,16H,2-5,8-9H2,1H3. The van der Waals surface area contributed by atoms with Gasteiger partial charge in [0.2, 0.25) is 0 Å². The summed E-state index contributed by atoms with van der Waals surface area (Å²) in [4.78, 5) is 0. The predicted molar refractivity (Wildman–Crippen MR) is 65.1 cm³/mol. The van der Waals surface area contributed by atoms with Gasteiger partial charge in [-0.1, -0.05) is 25.0 Å². The number of hydrogen-bond donors (Lipinski definition) is 1. The first-order valence-corrected chi connectivity index (χ1v) is 6.24. The molecule has 1 fully saturated rings. The van der Waals surface area contributed by atoms with Gasteiger partial charge in [-0.3, -0.25) is 0 Å². The molecule has 1 aromatic carbocycles. The number of rotatable bonds is 4. The van der Waals surface area contributed by atoms with Gasteiger partial charge >= 0.3 is 0 Å². The lowest BCUT2D eigenvalue weighted by Gasteiger charge is -2.11. The largest absolute Gasteiger partial charge is 0.314 e. The molecule has 1 N–H and O–H groups in total. The predicted octanol–water partition coefficient (Wildman–Crippen LogP) is 3.21. The van der Waals surface area contributed by atoms with Crippen molar-refractivity contribution in [1.29, 1.82) is 0 Å². The minimum absolute atomic E-state index is 0.104. The summed E-state index contributed by atoms with van der Waals surface area (Å²) in [6, 6.07) is 6.13. The molecule has 88 valence electrons. The first-order valence-electron chi connectivity index (χ1n) is 6.24. The van der Waals surface area contributed by atoms with Gasteiger partial charge in [0.25, 0.3) is 0 Å². The van der Waals surface area contributed by atoms with Gasteiger partial charge < -0.3 is 5.32 Å². The van der Waals surface area contributed by atoms with Crippen LogP contribution in [0.2, 0.25) is 0 Å². The minimum Gasteiger partial charge on any atom is -0.314 e. The van der Waals surface area contributed by atoms with Crippen LogP contribution in [-0.4, -0.2) is 12.6 Å². The summed E-state index contributed by atoms with van der Waals surface area (Å²) < 4.78 is 13.1. The van der Waals surface area contributed by atoms with E-state index in [1.165, 1.54) is 31.2 Å².